The third-order valence-electron chi connectivity index (χ3n) is 4.24. The van der Waals surface area contributed by atoms with Gasteiger partial charge in [-0.15, -0.1) is 11.8 Å². The molecule has 0 saturated heterocycles. The monoisotopic (exact) mass is 379 g/mol. The maximum atomic E-state index is 5.65. The van der Waals surface area contributed by atoms with Gasteiger partial charge in [-0.25, -0.2) is 0 Å². The molecule has 0 heterocycles. The fourth-order valence-corrected chi connectivity index (χ4v) is 3.49. The lowest BCUT2D eigenvalue weighted by Crippen LogP contribution is -2.40. The highest BCUT2D eigenvalue weighted by Gasteiger charge is 2.20. The number of aliphatic imine (C=N–C) groups is 1. The van der Waals surface area contributed by atoms with Crippen molar-refractivity contribution >= 4 is 17.7 Å². The van der Waals surface area contributed by atoms with Crippen LogP contribution in [0.4, 0.5) is 0 Å². The van der Waals surface area contributed by atoms with Gasteiger partial charge in [0.25, 0.3) is 0 Å². The quantitative estimate of drug-likeness (QED) is 0.252. The average molecular weight is 380 g/mol. The predicted octanol–water partition coefficient (Wildman–Crippen LogP) is 3.41. The number of rotatable bonds is 12. The smallest absolute Gasteiger partial charge is 0.190 e. The molecule has 26 heavy (non-hydrogen) atoms. The zero-order chi connectivity index (χ0) is 18.6. The molecule has 1 atom stereocenters. The summed E-state index contributed by atoms with van der Waals surface area (Å²) in [5.41, 5.74) is 0. The third kappa shape index (κ3) is 8.32. The largest absolute Gasteiger partial charge is 0.496 e. The van der Waals surface area contributed by atoms with E-state index < -0.39 is 0 Å². The molecular weight excluding hydrogens is 346 g/mol. The Morgan fingerprint density at radius 2 is 2.12 bits per heavy atom. The summed E-state index contributed by atoms with van der Waals surface area (Å²) >= 11 is 1.83. The Labute approximate surface area is 162 Å². The second-order valence-electron chi connectivity index (χ2n) is 6.82. The molecule has 0 aromatic heterocycles. The van der Waals surface area contributed by atoms with Crippen LogP contribution in [0.2, 0.25) is 0 Å². The lowest BCUT2D eigenvalue weighted by Gasteiger charge is -2.16. The topological polar surface area (TPSA) is 54.9 Å². The van der Waals surface area contributed by atoms with Crippen LogP contribution in [0.25, 0.3) is 0 Å². The van der Waals surface area contributed by atoms with E-state index in [1.165, 1.54) is 17.7 Å². The highest BCUT2D eigenvalue weighted by molar-refractivity contribution is 7.99. The molecule has 0 bridgehead atoms. The van der Waals surface area contributed by atoms with E-state index >= 15 is 0 Å². The summed E-state index contributed by atoms with van der Waals surface area (Å²) in [5, 5.41) is 6.76. The zero-order valence-corrected chi connectivity index (χ0v) is 17.1. The summed E-state index contributed by atoms with van der Waals surface area (Å²) in [7, 11) is 3.53. The van der Waals surface area contributed by atoms with E-state index in [1.807, 2.05) is 37.0 Å². The molecule has 1 aliphatic rings. The molecule has 1 aromatic rings. The van der Waals surface area contributed by atoms with Crippen LogP contribution in [0.3, 0.4) is 0 Å². The number of para-hydroxylation sites is 1. The van der Waals surface area contributed by atoms with Gasteiger partial charge in [-0.3, -0.25) is 4.99 Å². The summed E-state index contributed by atoms with van der Waals surface area (Å²) in [4.78, 5) is 5.48. The van der Waals surface area contributed by atoms with Crippen LogP contribution in [-0.4, -0.2) is 52.2 Å². The first-order valence-corrected chi connectivity index (χ1v) is 10.5. The summed E-state index contributed by atoms with van der Waals surface area (Å²) in [5.74, 6) is 4.19. The van der Waals surface area contributed by atoms with E-state index in [2.05, 4.69) is 28.6 Å². The second-order valence-corrected chi connectivity index (χ2v) is 7.88. The highest BCUT2D eigenvalue weighted by atomic mass is 32.2. The van der Waals surface area contributed by atoms with Gasteiger partial charge in [-0.1, -0.05) is 19.1 Å². The van der Waals surface area contributed by atoms with Crippen molar-refractivity contribution in [2.45, 2.75) is 31.1 Å². The Morgan fingerprint density at radius 3 is 2.85 bits per heavy atom. The minimum atomic E-state index is 0.519. The second kappa shape index (κ2) is 12.1. The Bertz CT molecular complexity index is 550. The maximum absolute atomic E-state index is 5.65. The molecule has 1 unspecified atom stereocenters. The van der Waals surface area contributed by atoms with Gasteiger partial charge < -0.3 is 20.1 Å². The van der Waals surface area contributed by atoms with Gasteiger partial charge in [0.05, 0.1) is 7.11 Å². The van der Waals surface area contributed by atoms with Crippen LogP contribution >= 0.6 is 11.8 Å². The molecule has 1 aromatic carbocycles. The molecule has 2 N–H and O–H groups in total. The average Bonchev–Trinajstić information content (AvgIpc) is 3.49. The molecule has 2 rings (SSSR count). The lowest BCUT2D eigenvalue weighted by atomic mass is 10.2. The van der Waals surface area contributed by atoms with E-state index in [9.17, 15) is 0 Å². The van der Waals surface area contributed by atoms with E-state index in [4.69, 9.17) is 9.47 Å². The van der Waals surface area contributed by atoms with Crippen LogP contribution in [0, 0.1) is 11.8 Å². The number of nitrogens with one attached hydrogen (secondary N) is 2. The summed E-state index contributed by atoms with van der Waals surface area (Å²) in [6.07, 6.45) is 3.71. The number of nitrogens with zero attached hydrogens (tertiary/aromatic N) is 1. The zero-order valence-electron chi connectivity index (χ0n) is 16.3. The van der Waals surface area contributed by atoms with Gasteiger partial charge in [0.1, 0.15) is 5.75 Å². The van der Waals surface area contributed by atoms with E-state index in [1.54, 1.807) is 7.11 Å². The molecule has 1 fully saturated rings. The fourth-order valence-electron chi connectivity index (χ4n) is 2.44. The molecule has 1 aliphatic carbocycles. The summed E-state index contributed by atoms with van der Waals surface area (Å²) in [6, 6.07) is 8.16. The van der Waals surface area contributed by atoms with E-state index in [0.717, 1.165) is 56.1 Å². The van der Waals surface area contributed by atoms with Crippen molar-refractivity contribution in [2.24, 2.45) is 16.8 Å². The first-order chi connectivity index (χ1) is 12.7. The predicted molar refractivity (Wildman–Crippen MR) is 110 cm³/mol. The number of methoxy groups -OCH3 is 1. The van der Waals surface area contributed by atoms with Crippen LogP contribution in [-0.2, 0) is 4.74 Å². The Hall–Kier alpha value is -1.40. The first-order valence-electron chi connectivity index (χ1n) is 9.51. The van der Waals surface area contributed by atoms with Gasteiger partial charge in [0, 0.05) is 44.0 Å². The minimum Gasteiger partial charge on any atom is -0.496 e. The van der Waals surface area contributed by atoms with Crippen LogP contribution < -0.4 is 15.4 Å². The van der Waals surface area contributed by atoms with Crippen LogP contribution in [0.1, 0.15) is 26.2 Å². The number of ether oxygens (including phenoxy) is 2. The molecule has 0 amide bonds. The lowest BCUT2D eigenvalue weighted by molar-refractivity contribution is 0.123. The molecule has 0 radical (unpaired) electrons. The SMILES string of the molecule is CN=C(NCCCOCC1CC1)NCC(C)CSc1ccccc1OC. The van der Waals surface area contributed by atoms with Crippen molar-refractivity contribution in [3.63, 3.8) is 0 Å². The van der Waals surface area contributed by atoms with Gasteiger partial charge in [0.2, 0.25) is 0 Å². The highest BCUT2D eigenvalue weighted by Crippen LogP contribution is 2.30. The Kier molecular flexibility index (Phi) is 9.71. The molecule has 0 aliphatic heterocycles. The maximum Gasteiger partial charge on any atom is 0.190 e. The Balaban J connectivity index is 1.56. The summed E-state index contributed by atoms with van der Waals surface area (Å²) in [6.45, 7) is 5.78. The van der Waals surface area contributed by atoms with E-state index in [0.29, 0.717) is 5.92 Å². The third-order valence-corrected chi connectivity index (χ3v) is 5.63. The van der Waals surface area contributed by atoms with Crippen molar-refractivity contribution in [1.82, 2.24) is 10.6 Å². The summed E-state index contributed by atoms with van der Waals surface area (Å²) < 4.78 is 11.1. The molecule has 146 valence electrons. The minimum absolute atomic E-state index is 0.519. The van der Waals surface area contributed by atoms with Gasteiger partial charge in [-0.2, -0.15) is 0 Å². The molecule has 1 saturated carbocycles. The number of hydrogen-bond donors (Lipinski definition) is 2. The number of hydrogen-bond acceptors (Lipinski definition) is 4. The molecular formula is C20H33N3O2S. The number of benzene rings is 1. The van der Waals surface area contributed by atoms with Crippen molar-refractivity contribution in [3.05, 3.63) is 24.3 Å². The number of thioether (sulfide) groups is 1. The first kappa shape index (κ1) is 20.9. The number of guanidine groups is 1. The van der Waals surface area contributed by atoms with Crippen molar-refractivity contribution in [2.75, 3.05) is 46.2 Å². The van der Waals surface area contributed by atoms with Crippen LogP contribution in [0.5, 0.6) is 5.75 Å². The molecule has 6 heteroatoms. The standard InChI is InChI=1S/C20H33N3O2S/c1-16(15-26-19-8-5-4-7-18(19)24-3)13-23-20(21-2)22-11-6-12-25-14-17-9-10-17/h4-5,7-8,16-17H,6,9-15H2,1-3H3,(H2,21,22,23). The van der Waals surface area contributed by atoms with Crippen molar-refractivity contribution in [3.8, 4) is 5.75 Å². The normalized spacial score (nSPS) is 15.6. The van der Waals surface area contributed by atoms with Gasteiger partial charge in [-0.05, 0) is 43.2 Å². The van der Waals surface area contributed by atoms with Gasteiger partial charge in [0.15, 0.2) is 5.96 Å². The van der Waals surface area contributed by atoms with Crippen LogP contribution in [0.15, 0.2) is 34.2 Å². The van der Waals surface area contributed by atoms with Gasteiger partial charge >= 0.3 is 0 Å². The van der Waals surface area contributed by atoms with E-state index in [-0.39, 0.29) is 0 Å². The van der Waals surface area contributed by atoms with Crippen molar-refractivity contribution in [1.29, 1.82) is 0 Å². The van der Waals surface area contributed by atoms with Crippen molar-refractivity contribution < 1.29 is 9.47 Å². The molecule has 0 spiro atoms. The Morgan fingerprint density at radius 1 is 1.31 bits per heavy atom. The molecule has 5 nitrogen and oxygen atoms in total. The fraction of sp³-hybridized carbons (Fsp3) is 0.650.